The van der Waals surface area contributed by atoms with E-state index in [0.717, 1.165) is 99.5 Å². The Kier molecular flexibility index (Phi) is 8.95. The van der Waals surface area contributed by atoms with Crippen LogP contribution < -0.4 is 9.80 Å². The molecule has 66 heavy (non-hydrogen) atoms. The first-order valence-electron chi connectivity index (χ1n) is 23.0. The van der Waals surface area contributed by atoms with Crippen molar-refractivity contribution in [3.8, 4) is 0 Å². The Bertz CT molecular complexity index is 3590. The van der Waals surface area contributed by atoms with E-state index in [1.807, 2.05) is 0 Å². The second-order valence-electron chi connectivity index (χ2n) is 19.7. The molecule has 0 saturated heterocycles. The van der Waals surface area contributed by atoms with Crippen molar-refractivity contribution in [2.45, 2.75) is 52.4 Å². The third-order valence-corrected chi connectivity index (χ3v) is 13.5. The largest absolute Gasteiger partial charge is 0.454 e. The third kappa shape index (κ3) is 6.19. The van der Waals surface area contributed by atoms with Crippen LogP contribution >= 0.6 is 0 Å². The highest BCUT2D eigenvalue weighted by molar-refractivity contribution is 6.25. The number of benzene rings is 10. The number of rotatable bonds is 6. The molecule has 0 bridgehead atoms. The lowest BCUT2D eigenvalue weighted by Gasteiger charge is -2.29. The average Bonchev–Trinajstić information content (AvgIpc) is 3.92. The Morgan fingerprint density at radius 1 is 0.273 bits per heavy atom. The van der Waals surface area contributed by atoms with Gasteiger partial charge in [0.15, 0.2) is 11.2 Å². The second kappa shape index (κ2) is 14.9. The lowest BCUT2D eigenvalue weighted by atomic mass is 9.86. The number of anilines is 6. The van der Waals surface area contributed by atoms with E-state index in [1.54, 1.807) is 0 Å². The summed E-state index contributed by atoms with van der Waals surface area (Å²) in [6.45, 7) is 13.5. The van der Waals surface area contributed by atoms with E-state index < -0.39 is 0 Å². The van der Waals surface area contributed by atoms with E-state index in [1.165, 1.54) is 21.9 Å². The molecule has 320 valence electrons. The zero-order valence-electron chi connectivity index (χ0n) is 38.2. The predicted octanol–water partition coefficient (Wildman–Crippen LogP) is 18.5. The van der Waals surface area contributed by atoms with Gasteiger partial charge in [0, 0.05) is 54.8 Å². The molecular formula is C62H50N2O2. The highest BCUT2D eigenvalue weighted by atomic mass is 16.3. The summed E-state index contributed by atoms with van der Waals surface area (Å²) in [5.41, 5.74) is 12.1. The normalized spacial score (nSPS) is 12.4. The number of nitrogens with zero attached hydrogens (tertiary/aromatic N) is 2. The number of furan rings is 2. The lowest BCUT2D eigenvalue weighted by Crippen LogP contribution is -2.12. The van der Waals surface area contributed by atoms with Crippen LogP contribution in [0.15, 0.2) is 203 Å². The van der Waals surface area contributed by atoms with Crippen molar-refractivity contribution < 1.29 is 8.83 Å². The number of hydrogen-bond acceptors (Lipinski definition) is 4. The molecule has 12 rings (SSSR count). The van der Waals surface area contributed by atoms with Gasteiger partial charge in [0.2, 0.25) is 0 Å². The van der Waals surface area contributed by atoms with Gasteiger partial charge in [-0.1, -0.05) is 187 Å². The van der Waals surface area contributed by atoms with Crippen molar-refractivity contribution in [3.63, 3.8) is 0 Å². The summed E-state index contributed by atoms with van der Waals surface area (Å²) in [6, 6.07) is 70.2. The van der Waals surface area contributed by atoms with E-state index in [0.29, 0.717) is 0 Å². The molecule has 4 heteroatoms. The van der Waals surface area contributed by atoms with Crippen LogP contribution in [0.3, 0.4) is 0 Å². The molecule has 0 aliphatic heterocycles. The maximum atomic E-state index is 7.08. The van der Waals surface area contributed by atoms with Crippen molar-refractivity contribution in [3.05, 3.63) is 205 Å². The molecule has 0 unspecified atom stereocenters. The van der Waals surface area contributed by atoms with Gasteiger partial charge in [-0.25, -0.2) is 0 Å². The molecule has 0 saturated carbocycles. The van der Waals surface area contributed by atoms with Crippen LogP contribution in [0.1, 0.15) is 52.7 Å². The van der Waals surface area contributed by atoms with Crippen molar-refractivity contribution in [2.75, 3.05) is 9.80 Å². The van der Waals surface area contributed by atoms with Crippen LogP contribution in [0, 0.1) is 0 Å². The van der Waals surface area contributed by atoms with E-state index in [-0.39, 0.29) is 10.8 Å². The molecule has 10 aromatic carbocycles. The predicted molar refractivity (Wildman–Crippen MR) is 280 cm³/mol. The zero-order valence-corrected chi connectivity index (χ0v) is 38.2. The Morgan fingerprint density at radius 2 is 0.591 bits per heavy atom. The topological polar surface area (TPSA) is 32.8 Å². The van der Waals surface area contributed by atoms with Crippen LogP contribution in [0.5, 0.6) is 0 Å². The summed E-state index contributed by atoms with van der Waals surface area (Å²) < 4.78 is 14.2. The zero-order chi connectivity index (χ0) is 44.9. The second-order valence-corrected chi connectivity index (χ2v) is 19.7. The van der Waals surface area contributed by atoms with Crippen LogP contribution in [-0.4, -0.2) is 0 Å². The lowest BCUT2D eigenvalue weighted by molar-refractivity contribution is 0.572. The SMILES string of the molecule is CC(C)(C)c1cccc2c1oc1c(N(c3ccccc3)c3cc4c5ccccc5c(N(c5ccccc5)c5cccc6c5oc5c(C(C)(C)C)cccc56)cc4c4ccccc34)cccc12. The monoisotopic (exact) mass is 854 g/mol. The third-order valence-electron chi connectivity index (χ3n) is 13.5. The molecule has 0 amide bonds. The standard InChI is InChI=1S/C62H50N2O2/c1-61(2,3)51-33-17-29-45-47-31-19-35-53(59(47)65-57(45)51)63(39-21-9-7-10-22-39)55-37-49-42-26-14-16-28-44(42)56(38-50(49)41-25-13-15-27-43(41)55)64(40-23-11-8-12-24-40)54-36-20-32-48-46-30-18-34-52(62(4,5)6)58(46)66-60(48)54/h7-38H,1-6H3. The minimum absolute atomic E-state index is 0.0917. The van der Waals surface area contributed by atoms with Gasteiger partial charge in [0.1, 0.15) is 11.2 Å². The van der Waals surface area contributed by atoms with Gasteiger partial charge in [-0.05, 0) is 80.9 Å². The van der Waals surface area contributed by atoms with Gasteiger partial charge in [-0.15, -0.1) is 0 Å². The quantitative estimate of drug-likeness (QED) is 0.156. The summed E-state index contributed by atoms with van der Waals surface area (Å²) in [5, 5.41) is 11.4. The van der Waals surface area contributed by atoms with Crippen LogP contribution in [0.4, 0.5) is 34.1 Å². The molecule has 0 radical (unpaired) electrons. The Balaban J connectivity index is 1.15. The summed E-state index contributed by atoms with van der Waals surface area (Å²) in [7, 11) is 0. The molecule has 0 N–H and O–H groups in total. The molecule has 2 aromatic heterocycles. The summed E-state index contributed by atoms with van der Waals surface area (Å²) in [6.07, 6.45) is 0. The number of fused-ring (bicyclic) bond motifs is 11. The summed E-state index contributed by atoms with van der Waals surface area (Å²) in [5.74, 6) is 0. The Hall–Kier alpha value is -7.82. The van der Waals surface area contributed by atoms with Crippen molar-refractivity contribution in [2.24, 2.45) is 0 Å². The fraction of sp³-hybridized carbons (Fsp3) is 0.129. The molecule has 4 nitrogen and oxygen atoms in total. The molecule has 0 atom stereocenters. The molecule has 0 aliphatic rings. The van der Waals surface area contributed by atoms with Gasteiger partial charge in [0.25, 0.3) is 0 Å². The first-order valence-corrected chi connectivity index (χ1v) is 23.0. The van der Waals surface area contributed by atoms with Gasteiger partial charge in [0.05, 0.1) is 22.7 Å². The fourth-order valence-corrected chi connectivity index (χ4v) is 10.4. The maximum Gasteiger partial charge on any atom is 0.159 e. The van der Waals surface area contributed by atoms with Crippen LogP contribution in [0.2, 0.25) is 0 Å². The average molecular weight is 855 g/mol. The van der Waals surface area contributed by atoms with E-state index in [9.17, 15) is 0 Å². The molecule has 12 aromatic rings. The smallest absolute Gasteiger partial charge is 0.159 e. The minimum Gasteiger partial charge on any atom is -0.454 e. The fourth-order valence-electron chi connectivity index (χ4n) is 10.4. The highest BCUT2D eigenvalue weighted by Gasteiger charge is 2.28. The maximum absolute atomic E-state index is 7.08. The van der Waals surface area contributed by atoms with E-state index in [2.05, 4.69) is 245 Å². The minimum atomic E-state index is -0.0917. The molecule has 2 heterocycles. The van der Waals surface area contributed by atoms with E-state index >= 15 is 0 Å². The van der Waals surface area contributed by atoms with E-state index in [4.69, 9.17) is 8.83 Å². The van der Waals surface area contributed by atoms with Crippen molar-refractivity contribution in [1.82, 2.24) is 0 Å². The summed E-state index contributed by atoms with van der Waals surface area (Å²) >= 11 is 0. The van der Waals surface area contributed by atoms with Crippen molar-refractivity contribution >= 4 is 110 Å². The summed E-state index contributed by atoms with van der Waals surface area (Å²) in [4.78, 5) is 4.80. The Morgan fingerprint density at radius 3 is 0.970 bits per heavy atom. The first-order chi connectivity index (χ1) is 32.0. The van der Waals surface area contributed by atoms with Gasteiger partial charge in [-0.2, -0.15) is 0 Å². The van der Waals surface area contributed by atoms with Crippen LogP contribution in [-0.2, 0) is 10.8 Å². The number of para-hydroxylation sites is 6. The first kappa shape index (κ1) is 39.7. The van der Waals surface area contributed by atoms with Crippen molar-refractivity contribution in [1.29, 1.82) is 0 Å². The van der Waals surface area contributed by atoms with Gasteiger partial charge in [-0.3, -0.25) is 0 Å². The highest BCUT2D eigenvalue weighted by Crippen LogP contribution is 2.51. The molecule has 0 aliphatic carbocycles. The molecule has 0 spiro atoms. The Labute approximate surface area is 384 Å². The van der Waals surface area contributed by atoms with Gasteiger partial charge >= 0.3 is 0 Å². The van der Waals surface area contributed by atoms with Gasteiger partial charge < -0.3 is 18.6 Å². The van der Waals surface area contributed by atoms with Crippen LogP contribution in [0.25, 0.3) is 76.2 Å². The number of hydrogen-bond donors (Lipinski definition) is 0. The molecule has 0 fully saturated rings. The molecular weight excluding hydrogens is 805 g/mol.